The lowest BCUT2D eigenvalue weighted by Crippen LogP contribution is -2.19. The molecule has 4 rings (SSSR count). The van der Waals surface area contributed by atoms with E-state index in [0.29, 0.717) is 30.3 Å². The average molecular weight is 508 g/mol. The van der Waals surface area contributed by atoms with Gasteiger partial charge in [-0.3, -0.25) is 4.79 Å². The number of rotatable bonds is 6. The Morgan fingerprint density at radius 1 is 1.23 bits per heavy atom. The van der Waals surface area contributed by atoms with Gasteiger partial charge in [0.05, 0.1) is 17.1 Å². The van der Waals surface area contributed by atoms with Gasteiger partial charge in [-0.15, -0.1) is 0 Å². The fraction of sp³-hybridized carbons (Fsp3) is 0.261. The number of hydrogen-bond donors (Lipinski definition) is 2. The van der Waals surface area contributed by atoms with Gasteiger partial charge >= 0.3 is 6.18 Å². The van der Waals surface area contributed by atoms with Crippen LogP contribution in [0.2, 0.25) is 5.02 Å². The quantitative estimate of drug-likeness (QED) is 0.482. The first-order valence-corrected chi connectivity index (χ1v) is 10.8. The smallest absolute Gasteiger partial charge is 0.416 e. The Labute approximate surface area is 204 Å². The van der Waals surface area contributed by atoms with Gasteiger partial charge in [-0.25, -0.2) is 4.98 Å². The number of aromatic nitrogens is 2. The molecule has 1 aliphatic rings. The first-order valence-electron chi connectivity index (χ1n) is 10.5. The lowest BCUT2D eigenvalue weighted by atomic mass is 10.1. The molecule has 12 heteroatoms. The number of nitrogens with zero attached hydrogens (tertiary/aromatic N) is 3. The number of benzene rings is 2. The molecule has 0 radical (unpaired) electrons. The maximum absolute atomic E-state index is 13.4. The third kappa shape index (κ3) is 5.92. The second-order valence-corrected chi connectivity index (χ2v) is 8.39. The van der Waals surface area contributed by atoms with Crippen LogP contribution in [0.25, 0.3) is 0 Å². The van der Waals surface area contributed by atoms with Gasteiger partial charge in [0.2, 0.25) is 5.75 Å². The normalized spacial score (nSPS) is 13.0. The van der Waals surface area contributed by atoms with E-state index in [-0.39, 0.29) is 34.4 Å². The fourth-order valence-corrected chi connectivity index (χ4v) is 3.58. The third-order valence-corrected chi connectivity index (χ3v) is 5.20. The molecule has 2 heterocycles. The molecule has 0 bridgehead atoms. The number of halogens is 4. The van der Waals surface area contributed by atoms with Crippen LogP contribution in [0, 0.1) is 0 Å². The van der Waals surface area contributed by atoms with Crippen molar-refractivity contribution in [2.24, 2.45) is 0 Å². The summed E-state index contributed by atoms with van der Waals surface area (Å²) in [5.74, 6) is 0.357. The van der Waals surface area contributed by atoms with Crippen molar-refractivity contribution in [2.75, 3.05) is 37.9 Å². The number of alkyl halides is 3. The van der Waals surface area contributed by atoms with E-state index < -0.39 is 17.6 Å². The van der Waals surface area contributed by atoms with Crippen LogP contribution in [-0.2, 0) is 12.7 Å². The van der Waals surface area contributed by atoms with Crippen LogP contribution in [0.1, 0.15) is 21.5 Å². The first kappa shape index (κ1) is 24.6. The van der Waals surface area contributed by atoms with Crippen LogP contribution in [0.15, 0.2) is 42.7 Å². The van der Waals surface area contributed by atoms with Crippen molar-refractivity contribution >= 4 is 29.0 Å². The van der Waals surface area contributed by atoms with Crippen molar-refractivity contribution in [1.29, 1.82) is 0 Å². The van der Waals surface area contributed by atoms with Crippen molar-refractivity contribution in [1.82, 2.24) is 14.9 Å². The van der Waals surface area contributed by atoms with Gasteiger partial charge in [-0.2, -0.15) is 18.2 Å². The molecule has 0 aliphatic carbocycles. The molecule has 0 saturated carbocycles. The van der Waals surface area contributed by atoms with Crippen molar-refractivity contribution in [3.63, 3.8) is 0 Å². The Balaban J connectivity index is 1.59. The molecular weight excluding hydrogens is 487 g/mol. The maximum atomic E-state index is 13.4. The van der Waals surface area contributed by atoms with Gasteiger partial charge in [-0.05, 0) is 56.1 Å². The molecule has 1 amide bonds. The Hall–Kier alpha value is -3.57. The zero-order valence-corrected chi connectivity index (χ0v) is 19.5. The molecule has 184 valence electrons. The van der Waals surface area contributed by atoms with Gasteiger partial charge in [0.1, 0.15) is 18.7 Å². The largest absolute Gasteiger partial charge is 0.483 e. The van der Waals surface area contributed by atoms with Crippen LogP contribution in [-0.4, -0.2) is 48.0 Å². The molecule has 3 aromatic rings. The number of amides is 1. The fourth-order valence-electron chi connectivity index (χ4n) is 3.42. The van der Waals surface area contributed by atoms with Crippen molar-refractivity contribution in [3.8, 4) is 17.4 Å². The molecule has 1 aliphatic heterocycles. The van der Waals surface area contributed by atoms with Gasteiger partial charge < -0.3 is 25.0 Å². The van der Waals surface area contributed by atoms with E-state index in [4.69, 9.17) is 21.1 Å². The minimum atomic E-state index is -4.56. The van der Waals surface area contributed by atoms with Crippen LogP contribution in [0.4, 0.5) is 24.7 Å². The molecular formula is C23H21ClF3N5O3. The van der Waals surface area contributed by atoms with E-state index in [1.165, 1.54) is 30.6 Å². The summed E-state index contributed by atoms with van der Waals surface area (Å²) in [6, 6.07) is 7.70. The minimum Gasteiger partial charge on any atom is -0.483 e. The predicted octanol–water partition coefficient (Wildman–Crippen LogP) is 5.06. The van der Waals surface area contributed by atoms with E-state index >= 15 is 0 Å². The second kappa shape index (κ2) is 9.96. The summed E-state index contributed by atoms with van der Waals surface area (Å²) in [5, 5.41) is 5.78. The minimum absolute atomic E-state index is 0.0171. The number of carbonyl (C=O) groups excluding carboxylic acids is 1. The zero-order chi connectivity index (χ0) is 25.2. The summed E-state index contributed by atoms with van der Waals surface area (Å²) >= 11 is 6.25. The molecule has 0 unspecified atom stereocenters. The summed E-state index contributed by atoms with van der Waals surface area (Å²) in [5.41, 5.74) is -0.307. The molecule has 2 aromatic carbocycles. The summed E-state index contributed by atoms with van der Waals surface area (Å²) in [6.45, 7) is 1.23. The third-order valence-electron chi connectivity index (χ3n) is 4.89. The van der Waals surface area contributed by atoms with Crippen LogP contribution >= 0.6 is 11.6 Å². The highest BCUT2D eigenvalue weighted by molar-refractivity contribution is 6.32. The molecule has 0 spiro atoms. The molecule has 0 saturated heterocycles. The van der Waals surface area contributed by atoms with Gasteiger partial charge in [0, 0.05) is 17.8 Å². The Morgan fingerprint density at radius 3 is 2.77 bits per heavy atom. The lowest BCUT2D eigenvalue weighted by molar-refractivity contribution is -0.137. The summed E-state index contributed by atoms with van der Waals surface area (Å²) in [4.78, 5) is 22.8. The molecule has 0 atom stereocenters. The van der Waals surface area contributed by atoms with E-state index in [1.807, 2.05) is 0 Å². The maximum Gasteiger partial charge on any atom is 0.416 e. The molecule has 8 nitrogen and oxygen atoms in total. The van der Waals surface area contributed by atoms with Gasteiger partial charge in [0.15, 0.2) is 5.82 Å². The molecule has 0 fully saturated rings. The Kier molecular flexibility index (Phi) is 6.99. The summed E-state index contributed by atoms with van der Waals surface area (Å²) < 4.78 is 51.5. The average Bonchev–Trinajstić information content (AvgIpc) is 2.79. The topological polar surface area (TPSA) is 88.6 Å². The first-order chi connectivity index (χ1) is 16.6. The summed E-state index contributed by atoms with van der Waals surface area (Å²) in [6.07, 6.45) is -3.27. The predicted molar refractivity (Wildman–Crippen MR) is 124 cm³/mol. The van der Waals surface area contributed by atoms with Crippen molar-refractivity contribution in [2.45, 2.75) is 12.7 Å². The highest BCUT2D eigenvalue weighted by Gasteiger charge is 2.31. The van der Waals surface area contributed by atoms with Crippen LogP contribution in [0.5, 0.6) is 17.4 Å². The van der Waals surface area contributed by atoms with Crippen molar-refractivity contribution in [3.05, 3.63) is 64.4 Å². The number of hydrogen-bond acceptors (Lipinski definition) is 7. The lowest BCUT2D eigenvalue weighted by Gasteiger charge is -2.19. The zero-order valence-electron chi connectivity index (χ0n) is 18.7. The van der Waals surface area contributed by atoms with Crippen molar-refractivity contribution < 1.29 is 27.4 Å². The highest BCUT2D eigenvalue weighted by Crippen LogP contribution is 2.38. The molecule has 1 aromatic heterocycles. The van der Waals surface area contributed by atoms with E-state index in [0.717, 1.165) is 12.1 Å². The molecule has 2 N–H and O–H groups in total. The SMILES string of the molecule is CN(C)Cc1cc(NC(=O)c2ccc(Cl)c(Oc3ncnc4c3OCCN4)c2)cc(C(F)(F)F)c1. The second-order valence-electron chi connectivity index (χ2n) is 7.99. The van der Waals surface area contributed by atoms with Gasteiger partial charge in [0.25, 0.3) is 11.8 Å². The highest BCUT2D eigenvalue weighted by atomic mass is 35.5. The Bertz CT molecular complexity index is 1250. The number of carbonyl (C=O) groups is 1. The standard InChI is InChI=1S/C23H21ClF3N5O3/c1-32(2)11-13-7-15(23(25,26)27)10-16(8-13)31-21(33)14-3-4-17(24)18(9-14)35-22-19-20(29-12-30-22)28-5-6-34-19/h3-4,7-10,12H,5-6,11H2,1-2H3,(H,31,33)(H,28,29,30). The number of anilines is 2. The Morgan fingerprint density at radius 2 is 2.03 bits per heavy atom. The van der Waals surface area contributed by atoms with E-state index in [1.54, 1.807) is 19.0 Å². The number of nitrogens with one attached hydrogen (secondary N) is 2. The number of fused-ring (bicyclic) bond motifs is 1. The monoisotopic (exact) mass is 507 g/mol. The number of ether oxygens (including phenoxy) is 2. The van der Waals surface area contributed by atoms with E-state index in [9.17, 15) is 18.0 Å². The summed E-state index contributed by atoms with van der Waals surface area (Å²) in [7, 11) is 3.48. The van der Waals surface area contributed by atoms with Crippen LogP contribution in [0.3, 0.4) is 0 Å². The molecule has 35 heavy (non-hydrogen) atoms. The van der Waals surface area contributed by atoms with Crippen LogP contribution < -0.4 is 20.1 Å². The van der Waals surface area contributed by atoms with E-state index in [2.05, 4.69) is 20.6 Å². The van der Waals surface area contributed by atoms with Gasteiger partial charge in [-0.1, -0.05) is 11.6 Å².